The first-order valence-corrected chi connectivity index (χ1v) is 11.1. The van der Waals surface area contributed by atoms with Crippen molar-refractivity contribution in [3.8, 4) is 0 Å². The second-order valence-electron chi connectivity index (χ2n) is 8.71. The third kappa shape index (κ3) is 5.04. The molecule has 1 heterocycles. The fourth-order valence-electron chi connectivity index (χ4n) is 4.07. The van der Waals surface area contributed by atoms with Crippen molar-refractivity contribution in [1.29, 1.82) is 0 Å². The number of carbonyl (C=O) groups excluding carboxylic acids is 2. The summed E-state index contributed by atoms with van der Waals surface area (Å²) in [5.74, 6) is 0.366. The molecule has 4 nitrogen and oxygen atoms in total. The van der Waals surface area contributed by atoms with Crippen LogP contribution in [0.2, 0.25) is 5.02 Å². The van der Waals surface area contributed by atoms with E-state index in [0.29, 0.717) is 35.5 Å². The quantitative estimate of drug-likeness (QED) is 0.629. The average molecular weight is 427 g/mol. The SMILES string of the molecule is CC(C)c1cccc(C(C)C)c1NC(=O)[C@@H]1CCCN(C(=O)c2ccc(Cl)cc2)C1. The summed E-state index contributed by atoms with van der Waals surface area (Å²) < 4.78 is 0. The maximum Gasteiger partial charge on any atom is 0.253 e. The number of nitrogens with zero attached hydrogens (tertiary/aromatic N) is 1. The van der Waals surface area contributed by atoms with E-state index in [4.69, 9.17) is 11.6 Å². The molecule has 1 saturated heterocycles. The number of benzene rings is 2. The van der Waals surface area contributed by atoms with Gasteiger partial charge < -0.3 is 10.2 Å². The van der Waals surface area contributed by atoms with Gasteiger partial charge in [0.25, 0.3) is 5.91 Å². The topological polar surface area (TPSA) is 49.4 Å². The van der Waals surface area contributed by atoms with E-state index in [1.54, 1.807) is 29.2 Å². The lowest BCUT2D eigenvalue weighted by Gasteiger charge is -2.32. The zero-order chi connectivity index (χ0) is 21.8. The van der Waals surface area contributed by atoms with Crippen molar-refractivity contribution < 1.29 is 9.59 Å². The van der Waals surface area contributed by atoms with Crippen molar-refractivity contribution in [2.24, 2.45) is 5.92 Å². The van der Waals surface area contributed by atoms with E-state index >= 15 is 0 Å². The Morgan fingerprint density at radius 2 is 1.60 bits per heavy atom. The molecule has 0 spiro atoms. The largest absolute Gasteiger partial charge is 0.338 e. The van der Waals surface area contributed by atoms with E-state index in [1.165, 1.54) is 0 Å². The van der Waals surface area contributed by atoms with E-state index in [9.17, 15) is 9.59 Å². The highest BCUT2D eigenvalue weighted by Crippen LogP contribution is 2.33. The van der Waals surface area contributed by atoms with E-state index < -0.39 is 0 Å². The number of hydrogen-bond donors (Lipinski definition) is 1. The smallest absolute Gasteiger partial charge is 0.253 e. The second kappa shape index (κ2) is 9.65. The van der Waals surface area contributed by atoms with Crippen LogP contribution in [0.5, 0.6) is 0 Å². The zero-order valence-electron chi connectivity index (χ0n) is 18.2. The number of anilines is 1. The second-order valence-corrected chi connectivity index (χ2v) is 9.14. The van der Waals surface area contributed by atoms with E-state index in [0.717, 1.165) is 29.7 Å². The maximum absolute atomic E-state index is 13.2. The Morgan fingerprint density at radius 3 is 2.17 bits per heavy atom. The summed E-state index contributed by atoms with van der Waals surface area (Å²) in [5.41, 5.74) is 3.85. The third-order valence-corrected chi connectivity index (χ3v) is 6.04. The number of carbonyl (C=O) groups is 2. The lowest BCUT2D eigenvalue weighted by molar-refractivity contribution is -0.121. The molecule has 0 radical (unpaired) electrons. The standard InChI is InChI=1S/C25H31ClN2O2/c1-16(2)21-8-5-9-22(17(3)4)23(21)27-24(29)19-7-6-14-28(15-19)25(30)18-10-12-20(26)13-11-18/h5,8-13,16-17,19H,6-7,14-15H2,1-4H3,(H,27,29)/t19-/m1/s1. The molecule has 5 heteroatoms. The molecule has 2 amide bonds. The Balaban J connectivity index is 1.76. The summed E-state index contributed by atoms with van der Waals surface area (Å²) in [7, 11) is 0. The maximum atomic E-state index is 13.2. The highest BCUT2D eigenvalue weighted by Gasteiger charge is 2.30. The highest BCUT2D eigenvalue weighted by molar-refractivity contribution is 6.30. The van der Waals surface area contributed by atoms with Crippen LogP contribution in [0.15, 0.2) is 42.5 Å². The van der Waals surface area contributed by atoms with Crippen LogP contribution in [0.25, 0.3) is 0 Å². The van der Waals surface area contributed by atoms with Gasteiger partial charge in [0.15, 0.2) is 0 Å². The number of amides is 2. The van der Waals surface area contributed by atoms with Crippen molar-refractivity contribution >= 4 is 29.1 Å². The number of likely N-dealkylation sites (tertiary alicyclic amines) is 1. The minimum atomic E-state index is -0.213. The van der Waals surface area contributed by atoms with E-state index in [2.05, 4.69) is 51.2 Å². The van der Waals surface area contributed by atoms with Crippen LogP contribution in [0.4, 0.5) is 5.69 Å². The average Bonchev–Trinajstić information content (AvgIpc) is 2.73. The molecule has 0 unspecified atom stereocenters. The van der Waals surface area contributed by atoms with Gasteiger partial charge in [0.2, 0.25) is 5.91 Å². The number of halogens is 1. The van der Waals surface area contributed by atoms with Gasteiger partial charge in [0, 0.05) is 29.4 Å². The van der Waals surface area contributed by atoms with Gasteiger partial charge in [0.05, 0.1) is 5.92 Å². The Kier molecular flexibility index (Phi) is 7.19. The van der Waals surface area contributed by atoms with Crippen LogP contribution in [-0.4, -0.2) is 29.8 Å². The Hall–Kier alpha value is -2.33. The molecule has 1 fully saturated rings. The molecular weight excluding hydrogens is 396 g/mol. The number of para-hydroxylation sites is 1. The minimum Gasteiger partial charge on any atom is -0.338 e. The molecule has 2 aromatic rings. The van der Waals surface area contributed by atoms with E-state index in [1.807, 2.05) is 0 Å². The van der Waals surface area contributed by atoms with Gasteiger partial charge in [-0.3, -0.25) is 9.59 Å². The molecule has 1 aliphatic rings. The summed E-state index contributed by atoms with van der Waals surface area (Å²) in [6, 6.07) is 13.2. The number of hydrogen-bond acceptors (Lipinski definition) is 2. The molecule has 0 aliphatic carbocycles. The molecule has 30 heavy (non-hydrogen) atoms. The first-order chi connectivity index (χ1) is 14.3. The zero-order valence-corrected chi connectivity index (χ0v) is 19.0. The van der Waals surface area contributed by atoms with Crippen LogP contribution < -0.4 is 5.32 Å². The predicted octanol–water partition coefficient (Wildman–Crippen LogP) is 6.08. The van der Waals surface area contributed by atoms with Gasteiger partial charge in [-0.25, -0.2) is 0 Å². The summed E-state index contributed by atoms with van der Waals surface area (Å²) in [6.07, 6.45) is 1.61. The Bertz CT molecular complexity index is 880. The number of rotatable bonds is 5. The molecule has 0 aromatic heterocycles. The van der Waals surface area contributed by atoms with Crippen LogP contribution >= 0.6 is 11.6 Å². The van der Waals surface area contributed by atoms with Crippen LogP contribution in [0, 0.1) is 5.92 Å². The van der Waals surface area contributed by atoms with Crippen LogP contribution in [0.1, 0.15) is 73.9 Å². The summed E-state index contributed by atoms with van der Waals surface area (Å²) in [5, 5.41) is 3.83. The van der Waals surface area contributed by atoms with Crippen LogP contribution in [0.3, 0.4) is 0 Å². The lowest BCUT2D eigenvalue weighted by Crippen LogP contribution is -2.43. The van der Waals surface area contributed by atoms with E-state index in [-0.39, 0.29) is 17.7 Å². The van der Waals surface area contributed by atoms with Crippen molar-refractivity contribution in [2.45, 2.75) is 52.4 Å². The normalized spacial score (nSPS) is 16.8. The number of piperidine rings is 1. The first-order valence-electron chi connectivity index (χ1n) is 10.8. The summed E-state index contributed by atoms with van der Waals surface area (Å²) in [4.78, 5) is 27.9. The molecule has 0 bridgehead atoms. The van der Waals surface area contributed by atoms with Gasteiger partial charge in [-0.15, -0.1) is 0 Å². The lowest BCUT2D eigenvalue weighted by atomic mass is 9.91. The van der Waals surface area contributed by atoms with Crippen LogP contribution in [-0.2, 0) is 4.79 Å². The fraction of sp³-hybridized carbons (Fsp3) is 0.440. The molecule has 0 saturated carbocycles. The summed E-state index contributed by atoms with van der Waals surface area (Å²) in [6.45, 7) is 9.67. The molecule has 3 rings (SSSR count). The molecule has 2 aromatic carbocycles. The first kappa shape index (κ1) is 22.4. The predicted molar refractivity (Wildman–Crippen MR) is 123 cm³/mol. The monoisotopic (exact) mass is 426 g/mol. The van der Waals surface area contributed by atoms with Crippen molar-refractivity contribution in [1.82, 2.24) is 4.90 Å². The number of nitrogens with one attached hydrogen (secondary N) is 1. The Labute approximate surface area is 184 Å². The molecular formula is C25H31ClN2O2. The molecule has 1 atom stereocenters. The molecule has 160 valence electrons. The van der Waals surface area contributed by atoms with Crippen molar-refractivity contribution in [2.75, 3.05) is 18.4 Å². The fourth-order valence-corrected chi connectivity index (χ4v) is 4.20. The molecule has 1 aliphatic heterocycles. The van der Waals surface area contributed by atoms with Gasteiger partial charge in [-0.05, 0) is 60.1 Å². The van der Waals surface area contributed by atoms with Crippen molar-refractivity contribution in [3.05, 3.63) is 64.2 Å². The molecule has 1 N–H and O–H groups in total. The van der Waals surface area contributed by atoms with Gasteiger partial charge in [-0.1, -0.05) is 57.5 Å². The van der Waals surface area contributed by atoms with Gasteiger partial charge >= 0.3 is 0 Å². The third-order valence-electron chi connectivity index (χ3n) is 5.79. The highest BCUT2D eigenvalue weighted by atomic mass is 35.5. The minimum absolute atomic E-state index is 0.00129. The van der Waals surface area contributed by atoms with Gasteiger partial charge in [-0.2, -0.15) is 0 Å². The van der Waals surface area contributed by atoms with Crippen molar-refractivity contribution in [3.63, 3.8) is 0 Å². The summed E-state index contributed by atoms with van der Waals surface area (Å²) >= 11 is 5.94. The van der Waals surface area contributed by atoms with Gasteiger partial charge in [0.1, 0.15) is 0 Å². The Morgan fingerprint density at radius 1 is 1.00 bits per heavy atom.